The van der Waals surface area contributed by atoms with Crippen LogP contribution in [0.25, 0.3) is 0 Å². The summed E-state index contributed by atoms with van der Waals surface area (Å²) in [5, 5.41) is 0. The fourth-order valence-corrected chi connectivity index (χ4v) is 3.07. The Morgan fingerprint density at radius 2 is 2.25 bits per heavy atom. The molecule has 1 aromatic rings. The Morgan fingerprint density at radius 3 is 2.94 bits per heavy atom. The first-order valence-corrected chi connectivity index (χ1v) is 6.75. The van der Waals surface area contributed by atoms with Gasteiger partial charge in [-0.25, -0.2) is 0 Å². The van der Waals surface area contributed by atoms with E-state index < -0.39 is 0 Å². The van der Waals surface area contributed by atoms with E-state index in [2.05, 4.69) is 40.7 Å². The van der Waals surface area contributed by atoms with Gasteiger partial charge in [0.1, 0.15) is 0 Å². The van der Waals surface area contributed by atoms with Crippen LogP contribution in [0.15, 0.2) is 16.6 Å². The zero-order valence-corrected chi connectivity index (χ0v) is 11.5. The lowest BCUT2D eigenvalue weighted by molar-refractivity contribution is 0.645. The number of aryl methyl sites for hydroxylation is 1. The second-order valence-corrected chi connectivity index (χ2v) is 5.41. The Labute approximate surface area is 106 Å². The van der Waals surface area contributed by atoms with Gasteiger partial charge in [-0.15, -0.1) is 0 Å². The van der Waals surface area contributed by atoms with Crippen molar-refractivity contribution in [2.24, 2.45) is 0 Å². The van der Waals surface area contributed by atoms with Crippen molar-refractivity contribution >= 4 is 27.3 Å². The number of hydrogen-bond acceptors (Lipinski definition) is 2. The van der Waals surface area contributed by atoms with E-state index >= 15 is 0 Å². The highest BCUT2D eigenvalue weighted by atomic mass is 79.9. The maximum atomic E-state index is 5.91. The van der Waals surface area contributed by atoms with Gasteiger partial charge in [0.15, 0.2) is 0 Å². The van der Waals surface area contributed by atoms with Crippen molar-refractivity contribution in [3.63, 3.8) is 0 Å². The number of nitrogens with zero attached hydrogens (tertiary/aromatic N) is 1. The molecule has 0 aromatic heterocycles. The fraction of sp³-hybridized carbons (Fsp3) is 0.538. The van der Waals surface area contributed by atoms with Crippen LogP contribution in [0.2, 0.25) is 0 Å². The zero-order chi connectivity index (χ0) is 11.7. The van der Waals surface area contributed by atoms with Crippen LogP contribution < -0.4 is 10.6 Å². The van der Waals surface area contributed by atoms with Crippen LogP contribution in [0.3, 0.4) is 0 Å². The standard InChI is InChI=1S/C13H19BrN2/c1-3-10-5-4-6-16(10)13-7-9(2)12(15)8-11(13)14/h7-8,10H,3-6,15H2,1-2H3. The number of rotatable bonds is 2. The Bertz CT molecular complexity index is 390. The molecular formula is C13H19BrN2. The molecule has 0 aliphatic carbocycles. The van der Waals surface area contributed by atoms with Crippen LogP contribution in [-0.2, 0) is 0 Å². The topological polar surface area (TPSA) is 29.3 Å². The first-order chi connectivity index (χ1) is 7.63. The van der Waals surface area contributed by atoms with Crippen LogP contribution in [0.4, 0.5) is 11.4 Å². The van der Waals surface area contributed by atoms with Gasteiger partial charge in [-0.3, -0.25) is 0 Å². The predicted octanol–water partition coefficient (Wildman–Crippen LogP) is 3.72. The van der Waals surface area contributed by atoms with Gasteiger partial charge in [0.25, 0.3) is 0 Å². The van der Waals surface area contributed by atoms with Gasteiger partial charge in [0, 0.05) is 22.7 Å². The Hall–Kier alpha value is -0.700. The second kappa shape index (κ2) is 4.66. The van der Waals surface area contributed by atoms with Crippen molar-refractivity contribution in [2.75, 3.05) is 17.2 Å². The van der Waals surface area contributed by atoms with E-state index in [1.54, 1.807) is 0 Å². The molecule has 1 saturated heterocycles. The van der Waals surface area contributed by atoms with Crippen molar-refractivity contribution in [1.82, 2.24) is 0 Å². The first kappa shape index (κ1) is 11.8. The maximum absolute atomic E-state index is 5.91. The van der Waals surface area contributed by atoms with Gasteiger partial charge in [0.2, 0.25) is 0 Å². The molecule has 1 atom stereocenters. The van der Waals surface area contributed by atoms with Gasteiger partial charge in [0.05, 0.1) is 5.69 Å². The van der Waals surface area contributed by atoms with Gasteiger partial charge in [-0.05, 0) is 59.8 Å². The number of anilines is 2. The van der Waals surface area contributed by atoms with Gasteiger partial charge < -0.3 is 10.6 Å². The molecule has 2 nitrogen and oxygen atoms in total. The summed E-state index contributed by atoms with van der Waals surface area (Å²) in [6.07, 6.45) is 3.83. The summed E-state index contributed by atoms with van der Waals surface area (Å²) in [6.45, 7) is 5.50. The smallest absolute Gasteiger partial charge is 0.0517 e. The van der Waals surface area contributed by atoms with E-state index in [1.165, 1.54) is 37.1 Å². The highest BCUT2D eigenvalue weighted by Crippen LogP contribution is 2.35. The summed E-state index contributed by atoms with van der Waals surface area (Å²) in [5.74, 6) is 0. The molecule has 1 heterocycles. The number of benzene rings is 1. The molecule has 0 bridgehead atoms. The normalized spacial score (nSPS) is 20.4. The Morgan fingerprint density at radius 1 is 1.50 bits per heavy atom. The molecule has 1 aliphatic heterocycles. The third kappa shape index (κ3) is 2.05. The van der Waals surface area contributed by atoms with Crippen LogP contribution in [0.1, 0.15) is 31.7 Å². The van der Waals surface area contributed by atoms with E-state index in [0.717, 1.165) is 10.2 Å². The van der Waals surface area contributed by atoms with Crippen molar-refractivity contribution in [3.8, 4) is 0 Å². The summed E-state index contributed by atoms with van der Waals surface area (Å²) < 4.78 is 1.12. The van der Waals surface area contributed by atoms with Gasteiger partial charge >= 0.3 is 0 Å². The van der Waals surface area contributed by atoms with E-state index in [1.807, 2.05) is 6.07 Å². The third-order valence-electron chi connectivity index (χ3n) is 3.49. The van der Waals surface area contributed by atoms with Crippen LogP contribution in [-0.4, -0.2) is 12.6 Å². The summed E-state index contributed by atoms with van der Waals surface area (Å²) in [6, 6.07) is 4.92. The SMILES string of the molecule is CCC1CCCN1c1cc(C)c(N)cc1Br. The van der Waals surface area contributed by atoms with Crippen LogP contribution in [0.5, 0.6) is 0 Å². The first-order valence-electron chi connectivity index (χ1n) is 5.95. The van der Waals surface area contributed by atoms with Gasteiger partial charge in [-0.2, -0.15) is 0 Å². The van der Waals surface area contributed by atoms with Crippen LogP contribution >= 0.6 is 15.9 Å². The summed E-state index contributed by atoms with van der Waals surface area (Å²) in [4.78, 5) is 2.51. The summed E-state index contributed by atoms with van der Waals surface area (Å²) >= 11 is 3.63. The average Bonchev–Trinajstić information content (AvgIpc) is 2.71. The second-order valence-electron chi connectivity index (χ2n) is 4.56. The minimum Gasteiger partial charge on any atom is -0.398 e. The molecule has 0 spiro atoms. The minimum absolute atomic E-state index is 0.694. The Kier molecular flexibility index (Phi) is 3.43. The molecule has 16 heavy (non-hydrogen) atoms. The van der Waals surface area contributed by atoms with Gasteiger partial charge in [-0.1, -0.05) is 6.92 Å². The number of nitrogens with two attached hydrogens (primary N) is 1. The Balaban J connectivity index is 2.36. The van der Waals surface area contributed by atoms with E-state index in [0.29, 0.717) is 6.04 Å². The lowest BCUT2D eigenvalue weighted by Gasteiger charge is -2.27. The summed E-state index contributed by atoms with van der Waals surface area (Å²) in [7, 11) is 0. The van der Waals surface area contributed by atoms with Crippen molar-refractivity contribution < 1.29 is 0 Å². The van der Waals surface area contributed by atoms with Crippen molar-refractivity contribution in [3.05, 3.63) is 22.2 Å². The molecule has 1 unspecified atom stereocenters. The predicted molar refractivity (Wildman–Crippen MR) is 74.0 cm³/mol. The van der Waals surface area contributed by atoms with E-state index in [4.69, 9.17) is 5.73 Å². The number of nitrogen functional groups attached to an aromatic ring is 1. The third-order valence-corrected chi connectivity index (χ3v) is 4.13. The molecule has 2 N–H and O–H groups in total. The fourth-order valence-electron chi connectivity index (χ4n) is 2.48. The van der Waals surface area contributed by atoms with Crippen molar-refractivity contribution in [1.29, 1.82) is 0 Å². The highest BCUT2D eigenvalue weighted by Gasteiger charge is 2.24. The highest BCUT2D eigenvalue weighted by molar-refractivity contribution is 9.10. The molecule has 0 amide bonds. The molecular weight excluding hydrogens is 264 g/mol. The minimum atomic E-state index is 0.694. The van der Waals surface area contributed by atoms with E-state index in [9.17, 15) is 0 Å². The monoisotopic (exact) mass is 282 g/mol. The average molecular weight is 283 g/mol. The molecule has 1 aromatic carbocycles. The molecule has 0 saturated carbocycles. The van der Waals surface area contributed by atoms with Crippen molar-refractivity contribution in [2.45, 2.75) is 39.2 Å². The molecule has 88 valence electrons. The largest absolute Gasteiger partial charge is 0.398 e. The lowest BCUT2D eigenvalue weighted by atomic mass is 10.1. The number of hydrogen-bond donors (Lipinski definition) is 1. The molecule has 0 radical (unpaired) electrons. The lowest BCUT2D eigenvalue weighted by Crippen LogP contribution is -2.28. The van der Waals surface area contributed by atoms with E-state index in [-0.39, 0.29) is 0 Å². The molecule has 3 heteroatoms. The van der Waals surface area contributed by atoms with Crippen LogP contribution in [0, 0.1) is 6.92 Å². The summed E-state index contributed by atoms with van der Waals surface area (Å²) in [5.41, 5.74) is 9.24. The molecule has 1 fully saturated rings. The maximum Gasteiger partial charge on any atom is 0.0517 e. The quantitative estimate of drug-likeness (QED) is 0.838. The zero-order valence-electron chi connectivity index (χ0n) is 9.96. The number of halogens is 1. The molecule has 2 rings (SSSR count). The molecule has 1 aliphatic rings.